The van der Waals surface area contributed by atoms with Crippen molar-refractivity contribution in [3.63, 3.8) is 0 Å². The third-order valence-corrected chi connectivity index (χ3v) is 2.59. The van der Waals surface area contributed by atoms with E-state index in [1.807, 2.05) is 30.3 Å². The quantitative estimate of drug-likeness (QED) is 0.770. The Morgan fingerprint density at radius 2 is 2.13 bits per heavy atom. The fourth-order valence-electron chi connectivity index (χ4n) is 1.76. The van der Waals surface area contributed by atoms with Crippen LogP contribution in [-0.4, -0.2) is 25.0 Å². The highest BCUT2D eigenvalue weighted by molar-refractivity contribution is 5.94. The maximum atomic E-state index is 11.8. The molecule has 1 aliphatic heterocycles. The summed E-state index contributed by atoms with van der Waals surface area (Å²) in [6, 6.07) is 9.55. The first-order chi connectivity index (χ1) is 7.36. The Kier molecular flexibility index (Phi) is 3.35. The van der Waals surface area contributed by atoms with E-state index < -0.39 is 0 Å². The summed E-state index contributed by atoms with van der Waals surface area (Å²) in [6.07, 6.45) is 2.13. The van der Waals surface area contributed by atoms with Crippen LogP contribution >= 0.6 is 0 Å². The van der Waals surface area contributed by atoms with Crippen LogP contribution in [0.5, 0.6) is 0 Å². The van der Waals surface area contributed by atoms with Crippen molar-refractivity contribution in [1.82, 2.24) is 10.6 Å². The number of nitrogens with one attached hydrogen (secondary N) is 1. The Morgan fingerprint density at radius 1 is 1.33 bits per heavy atom. The van der Waals surface area contributed by atoms with Crippen molar-refractivity contribution < 1.29 is 4.79 Å². The predicted octanol–water partition coefficient (Wildman–Crippen LogP) is 1.18. The summed E-state index contributed by atoms with van der Waals surface area (Å²) in [4.78, 5) is 11.8. The molecule has 1 fully saturated rings. The minimum absolute atomic E-state index is 0.0118. The lowest BCUT2D eigenvalue weighted by Gasteiger charge is -2.22. The van der Waals surface area contributed by atoms with E-state index in [2.05, 4.69) is 10.6 Å². The van der Waals surface area contributed by atoms with Crippen molar-refractivity contribution in [3.8, 4) is 0 Å². The van der Waals surface area contributed by atoms with E-state index in [1.54, 1.807) is 0 Å². The van der Waals surface area contributed by atoms with Gasteiger partial charge in [0.05, 0.1) is 0 Å². The van der Waals surface area contributed by atoms with Crippen LogP contribution in [0.1, 0.15) is 23.2 Å². The van der Waals surface area contributed by atoms with Crippen LogP contribution in [-0.2, 0) is 0 Å². The highest BCUT2D eigenvalue weighted by Gasteiger charge is 2.16. The summed E-state index contributed by atoms with van der Waals surface area (Å²) >= 11 is 0. The van der Waals surface area contributed by atoms with Gasteiger partial charge < -0.3 is 5.32 Å². The van der Waals surface area contributed by atoms with E-state index in [9.17, 15) is 4.79 Å². The molecule has 1 aliphatic rings. The first kappa shape index (κ1) is 10.2. The normalized spacial score (nSPS) is 20.9. The second kappa shape index (κ2) is 4.94. The molecular weight excluding hydrogens is 188 g/mol. The molecule has 0 bridgehead atoms. The molecule has 0 aliphatic carbocycles. The topological polar surface area (TPSA) is 43.2 Å². The van der Waals surface area contributed by atoms with Gasteiger partial charge in [0.2, 0.25) is 0 Å². The standard InChI is InChI=1S/C12H15N2O/c15-12(10-5-2-1-3-6-10)14-11-7-4-8-13-9-11/h1-3,5-6,11H,4,7-9H2,(H,14,15). The second-order valence-electron chi connectivity index (χ2n) is 3.81. The van der Waals surface area contributed by atoms with Gasteiger partial charge in [0.1, 0.15) is 0 Å². The van der Waals surface area contributed by atoms with E-state index in [0.29, 0.717) is 0 Å². The van der Waals surface area contributed by atoms with Gasteiger partial charge >= 0.3 is 0 Å². The monoisotopic (exact) mass is 203 g/mol. The maximum Gasteiger partial charge on any atom is 0.251 e. The lowest BCUT2D eigenvalue weighted by atomic mass is 10.1. The summed E-state index contributed by atoms with van der Waals surface area (Å²) in [5.41, 5.74) is 0.725. The van der Waals surface area contributed by atoms with Crippen LogP contribution in [0.4, 0.5) is 0 Å². The average Bonchev–Trinajstić information content (AvgIpc) is 2.31. The zero-order chi connectivity index (χ0) is 10.5. The summed E-state index contributed by atoms with van der Waals surface area (Å²) < 4.78 is 0. The van der Waals surface area contributed by atoms with Gasteiger partial charge in [-0.15, -0.1) is 0 Å². The van der Waals surface area contributed by atoms with Gasteiger partial charge in [-0.2, -0.15) is 0 Å². The Hall–Kier alpha value is -1.35. The molecule has 1 radical (unpaired) electrons. The van der Waals surface area contributed by atoms with E-state index in [-0.39, 0.29) is 11.9 Å². The Morgan fingerprint density at radius 3 is 2.80 bits per heavy atom. The fraction of sp³-hybridized carbons (Fsp3) is 0.417. The highest BCUT2D eigenvalue weighted by Crippen LogP contribution is 2.05. The zero-order valence-electron chi connectivity index (χ0n) is 8.65. The first-order valence-electron chi connectivity index (χ1n) is 5.35. The van der Waals surface area contributed by atoms with Crippen molar-refractivity contribution >= 4 is 5.91 Å². The van der Waals surface area contributed by atoms with Gasteiger partial charge in [-0.25, -0.2) is 5.32 Å². The van der Waals surface area contributed by atoms with Crippen molar-refractivity contribution in [3.05, 3.63) is 35.9 Å². The van der Waals surface area contributed by atoms with Gasteiger partial charge in [0.15, 0.2) is 0 Å². The largest absolute Gasteiger partial charge is 0.348 e. The molecule has 0 saturated carbocycles. The summed E-state index contributed by atoms with van der Waals surface area (Å²) in [5.74, 6) is 0.0118. The molecule has 1 aromatic carbocycles. The second-order valence-corrected chi connectivity index (χ2v) is 3.81. The fourth-order valence-corrected chi connectivity index (χ4v) is 1.76. The van der Waals surface area contributed by atoms with Crippen LogP contribution < -0.4 is 10.6 Å². The van der Waals surface area contributed by atoms with Crippen molar-refractivity contribution in [2.75, 3.05) is 13.1 Å². The van der Waals surface area contributed by atoms with E-state index >= 15 is 0 Å². The molecular formula is C12H15N2O. The van der Waals surface area contributed by atoms with Crippen molar-refractivity contribution in [2.24, 2.45) is 0 Å². The zero-order valence-corrected chi connectivity index (χ0v) is 8.65. The molecule has 1 unspecified atom stereocenters. The number of carbonyl (C=O) groups is 1. The average molecular weight is 203 g/mol. The highest BCUT2D eigenvalue weighted by atomic mass is 16.1. The molecule has 1 saturated heterocycles. The minimum atomic E-state index is 0.0118. The summed E-state index contributed by atoms with van der Waals surface area (Å²) in [7, 11) is 0. The number of amides is 1. The molecule has 3 nitrogen and oxygen atoms in total. The molecule has 1 aromatic rings. The van der Waals surface area contributed by atoms with Crippen LogP contribution in [0.25, 0.3) is 0 Å². The van der Waals surface area contributed by atoms with Crippen LogP contribution in [0.15, 0.2) is 30.3 Å². The van der Waals surface area contributed by atoms with Gasteiger partial charge in [-0.05, 0) is 25.0 Å². The molecule has 0 spiro atoms. The summed E-state index contributed by atoms with van der Waals surface area (Å²) in [6.45, 7) is 1.70. The SMILES string of the molecule is O=C(NC1CCC[N]C1)c1ccccc1. The minimum Gasteiger partial charge on any atom is -0.348 e. The number of piperidine rings is 1. The number of benzene rings is 1. The lowest BCUT2D eigenvalue weighted by molar-refractivity contribution is 0.0930. The van der Waals surface area contributed by atoms with Gasteiger partial charge in [0.25, 0.3) is 5.91 Å². The predicted molar refractivity (Wildman–Crippen MR) is 58.8 cm³/mol. The van der Waals surface area contributed by atoms with E-state index in [0.717, 1.165) is 31.5 Å². The third kappa shape index (κ3) is 2.80. The van der Waals surface area contributed by atoms with Gasteiger partial charge in [-0.1, -0.05) is 18.2 Å². The molecule has 15 heavy (non-hydrogen) atoms. The number of carbonyl (C=O) groups excluding carboxylic acids is 1. The van der Waals surface area contributed by atoms with E-state index in [1.165, 1.54) is 0 Å². The molecule has 1 amide bonds. The van der Waals surface area contributed by atoms with Gasteiger partial charge in [0, 0.05) is 24.7 Å². The van der Waals surface area contributed by atoms with Crippen LogP contribution in [0.2, 0.25) is 0 Å². The van der Waals surface area contributed by atoms with E-state index in [4.69, 9.17) is 0 Å². The molecule has 1 N–H and O–H groups in total. The molecule has 1 atom stereocenters. The Bertz CT molecular complexity index is 318. The van der Waals surface area contributed by atoms with Gasteiger partial charge in [-0.3, -0.25) is 4.79 Å². The van der Waals surface area contributed by atoms with Crippen molar-refractivity contribution in [1.29, 1.82) is 0 Å². The molecule has 79 valence electrons. The Labute approximate surface area is 89.9 Å². The van der Waals surface area contributed by atoms with Crippen LogP contribution in [0.3, 0.4) is 0 Å². The molecule has 2 rings (SSSR count). The van der Waals surface area contributed by atoms with Crippen LogP contribution in [0, 0.1) is 0 Å². The number of hydrogen-bond donors (Lipinski definition) is 1. The smallest absolute Gasteiger partial charge is 0.251 e. The number of rotatable bonds is 2. The summed E-state index contributed by atoms with van der Waals surface area (Å²) in [5, 5.41) is 7.29. The maximum absolute atomic E-state index is 11.8. The number of hydrogen-bond acceptors (Lipinski definition) is 1. The molecule has 0 aromatic heterocycles. The molecule has 1 heterocycles. The Balaban J connectivity index is 1.91. The lowest BCUT2D eigenvalue weighted by Crippen LogP contribution is -2.43. The number of nitrogens with zero attached hydrogens (tertiary/aromatic N) is 1. The van der Waals surface area contributed by atoms with Crippen molar-refractivity contribution in [2.45, 2.75) is 18.9 Å². The first-order valence-corrected chi connectivity index (χ1v) is 5.35. The molecule has 3 heteroatoms. The third-order valence-electron chi connectivity index (χ3n) is 2.59.